The highest BCUT2D eigenvalue weighted by molar-refractivity contribution is 5.94. The van der Waals surface area contributed by atoms with Gasteiger partial charge in [0.15, 0.2) is 0 Å². The minimum atomic E-state index is -4.86. The molecule has 20 heavy (non-hydrogen) atoms. The Hall–Kier alpha value is -2.44. The van der Waals surface area contributed by atoms with Crippen LogP contribution in [-0.2, 0) is 6.18 Å². The molecule has 0 aliphatic heterocycles. The third-order valence-corrected chi connectivity index (χ3v) is 2.60. The average molecular weight is 285 g/mol. The molecule has 0 radical (unpaired) electrons. The van der Waals surface area contributed by atoms with E-state index < -0.39 is 29.1 Å². The third-order valence-electron chi connectivity index (χ3n) is 2.60. The first-order valence-corrected chi connectivity index (χ1v) is 5.36. The number of pyridine rings is 1. The van der Waals surface area contributed by atoms with Gasteiger partial charge in [0.25, 0.3) is 0 Å². The van der Waals surface area contributed by atoms with Crippen molar-refractivity contribution in [1.82, 2.24) is 4.98 Å². The van der Waals surface area contributed by atoms with E-state index in [-0.39, 0.29) is 11.3 Å². The number of rotatable bonds is 2. The summed E-state index contributed by atoms with van der Waals surface area (Å²) in [5.74, 6) is -2.94. The van der Waals surface area contributed by atoms with Crippen LogP contribution in [-0.4, -0.2) is 16.1 Å². The van der Waals surface area contributed by atoms with E-state index in [1.807, 2.05) is 0 Å². The van der Waals surface area contributed by atoms with E-state index >= 15 is 0 Å². The molecule has 7 heteroatoms. The number of halogens is 4. The number of alkyl halides is 3. The quantitative estimate of drug-likeness (QED) is 0.858. The van der Waals surface area contributed by atoms with Gasteiger partial charge in [-0.15, -0.1) is 0 Å². The number of carboxylic acids is 1. The van der Waals surface area contributed by atoms with Crippen LogP contribution in [0.2, 0.25) is 0 Å². The van der Waals surface area contributed by atoms with E-state index in [4.69, 9.17) is 5.11 Å². The van der Waals surface area contributed by atoms with Crippen molar-refractivity contribution < 1.29 is 27.5 Å². The molecular weight excluding hydrogens is 278 g/mol. The van der Waals surface area contributed by atoms with Crippen molar-refractivity contribution in [2.24, 2.45) is 0 Å². The van der Waals surface area contributed by atoms with Gasteiger partial charge in [-0.05, 0) is 24.3 Å². The Morgan fingerprint density at radius 3 is 2.45 bits per heavy atom. The van der Waals surface area contributed by atoms with E-state index in [9.17, 15) is 22.4 Å². The van der Waals surface area contributed by atoms with Gasteiger partial charge in [0.1, 0.15) is 5.82 Å². The zero-order valence-corrected chi connectivity index (χ0v) is 9.78. The number of carboxylic acid groups (broad SMARTS) is 1. The lowest BCUT2D eigenvalue weighted by Gasteiger charge is -2.11. The average Bonchev–Trinajstić information content (AvgIpc) is 2.37. The Kier molecular flexibility index (Phi) is 3.44. The first-order valence-electron chi connectivity index (χ1n) is 5.36. The van der Waals surface area contributed by atoms with Crippen molar-refractivity contribution in [2.75, 3.05) is 0 Å². The van der Waals surface area contributed by atoms with Gasteiger partial charge in [-0.2, -0.15) is 13.2 Å². The number of benzene rings is 1. The standard InChI is InChI=1S/C13H7F4NO2/c14-10-7(3-1-5-9(10)13(15,16)17)11-8(12(19)20)4-2-6-18-11/h1-6H,(H,19,20). The molecule has 0 unspecified atom stereocenters. The topological polar surface area (TPSA) is 50.2 Å². The first kappa shape index (κ1) is 14.0. The summed E-state index contributed by atoms with van der Waals surface area (Å²) < 4.78 is 51.8. The molecule has 0 saturated carbocycles. The second-order valence-corrected chi connectivity index (χ2v) is 3.87. The molecule has 0 fully saturated rings. The maximum absolute atomic E-state index is 13.9. The minimum Gasteiger partial charge on any atom is -0.478 e. The molecule has 1 aromatic carbocycles. The van der Waals surface area contributed by atoms with Gasteiger partial charge in [0.05, 0.1) is 16.8 Å². The summed E-state index contributed by atoms with van der Waals surface area (Å²) in [5, 5.41) is 8.96. The Morgan fingerprint density at radius 1 is 1.15 bits per heavy atom. The normalized spacial score (nSPS) is 11.4. The van der Waals surface area contributed by atoms with Gasteiger partial charge in [-0.25, -0.2) is 9.18 Å². The molecule has 0 bridgehead atoms. The third kappa shape index (κ3) is 2.47. The maximum atomic E-state index is 13.9. The molecule has 2 aromatic rings. The predicted molar refractivity (Wildman–Crippen MR) is 61.6 cm³/mol. The van der Waals surface area contributed by atoms with Gasteiger partial charge >= 0.3 is 12.1 Å². The summed E-state index contributed by atoms with van der Waals surface area (Å²) in [7, 11) is 0. The number of hydrogen-bond acceptors (Lipinski definition) is 2. The number of aromatic nitrogens is 1. The van der Waals surface area contributed by atoms with Crippen LogP contribution in [0, 0.1) is 5.82 Å². The first-order chi connectivity index (χ1) is 9.32. The SMILES string of the molecule is O=C(O)c1cccnc1-c1cccc(C(F)(F)F)c1F. The lowest BCUT2D eigenvalue weighted by Crippen LogP contribution is -2.10. The summed E-state index contributed by atoms with van der Waals surface area (Å²) in [6, 6.07) is 5.09. The van der Waals surface area contributed by atoms with Gasteiger partial charge in [-0.1, -0.05) is 6.07 Å². The molecular formula is C13H7F4NO2. The van der Waals surface area contributed by atoms with Crippen LogP contribution in [0.3, 0.4) is 0 Å². The monoisotopic (exact) mass is 285 g/mol. The highest BCUT2D eigenvalue weighted by Gasteiger charge is 2.35. The molecule has 0 aliphatic rings. The summed E-state index contributed by atoms with van der Waals surface area (Å²) in [5.41, 5.74) is -2.68. The van der Waals surface area contributed by atoms with Crippen molar-refractivity contribution in [3.63, 3.8) is 0 Å². The van der Waals surface area contributed by atoms with Crippen molar-refractivity contribution in [2.45, 2.75) is 6.18 Å². The van der Waals surface area contributed by atoms with Crippen molar-refractivity contribution in [3.05, 3.63) is 53.5 Å². The number of nitrogens with zero attached hydrogens (tertiary/aromatic N) is 1. The highest BCUT2D eigenvalue weighted by atomic mass is 19.4. The second-order valence-electron chi connectivity index (χ2n) is 3.87. The smallest absolute Gasteiger partial charge is 0.419 e. The maximum Gasteiger partial charge on any atom is 0.419 e. The zero-order valence-electron chi connectivity index (χ0n) is 9.78. The van der Waals surface area contributed by atoms with E-state index in [1.54, 1.807) is 0 Å². The largest absolute Gasteiger partial charge is 0.478 e. The molecule has 1 N–H and O–H groups in total. The number of hydrogen-bond donors (Lipinski definition) is 1. The van der Waals surface area contributed by atoms with Crippen LogP contribution in [0.5, 0.6) is 0 Å². The van der Waals surface area contributed by atoms with Crippen molar-refractivity contribution in [3.8, 4) is 11.3 Å². The Labute approximate surface area is 110 Å². The summed E-state index contributed by atoms with van der Waals surface area (Å²) in [4.78, 5) is 14.7. The van der Waals surface area contributed by atoms with E-state index in [0.717, 1.165) is 18.2 Å². The lowest BCUT2D eigenvalue weighted by atomic mass is 10.0. The van der Waals surface area contributed by atoms with E-state index in [2.05, 4.69) is 4.98 Å². The summed E-state index contributed by atoms with van der Waals surface area (Å²) >= 11 is 0. The zero-order chi connectivity index (χ0) is 14.9. The molecule has 1 heterocycles. The minimum absolute atomic E-state index is 0.344. The predicted octanol–water partition coefficient (Wildman–Crippen LogP) is 3.60. The van der Waals surface area contributed by atoms with Crippen LogP contribution in [0.4, 0.5) is 17.6 Å². The Morgan fingerprint density at radius 2 is 1.85 bits per heavy atom. The fraction of sp³-hybridized carbons (Fsp3) is 0.0769. The Balaban J connectivity index is 2.69. The van der Waals surface area contributed by atoms with Crippen LogP contribution in [0.15, 0.2) is 36.5 Å². The summed E-state index contributed by atoms with van der Waals surface area (Å²) in [6.45, 7) is 0. The summed E-state index contributed by atoms with van der Waals surface area (Å²) in [6.07, 6.45) is -3.68. The van der Waals surface area contributed by atoms with Gasteiger partial charge in [0, 0.05) is 11.8 Å². The van der Waals surface area contributed by atoms with E-state index in [1.165, 1.54) is 12.3 Å². The van der Waals surface area contributed by atoms with Crippen LogP contribution in [0.25, 0.3) is 11.3 Å². The van der Waals surface area contributed by atoms with Crippen molar-refractivity contribution >= 4 is 5.97 Å². The molecule has 0 saturated heterocycles. The number of aromatic carboxylic acids is 1. The van der Waals surface area contributed by atoms with Gasteiger partial charge in [0.2, 0.25) is 0 Å². The van der Waals surface area contributed by atoms with Crippen molar-refractivity contribution in [1.29, 1.82) is 0 Å². The molecule has 2 rings (SSSR count). The second kappa shape index (κ2) is 4.92. The molecule has 0 amide bonds. The number of carbonyl (C=O) groups is 1. The highest BCUT2D eigenvalue weighted by Crippen LogP contribution is 2.35. The van der Waals surface area contributed by atoms with Gasteiger partial charge in [-0.3, -0.25) is 4.98 Å². The molecule has 0 spiro atoms. The fourth-order valence-electron chi connectivity index (χ4n) is 1.73. The van der Waals surface area contributed by atoms with Crippen LogP contribution < -0.4 is 0 Å². The molecule has 104 valence electrons. The molecule has 0 aliphatic carbocycles. The fourth-order valence-corrected chi connectivity index (χ4v) is 1.73. The van der Waals surface area contributed by atoms with Crippen LogP contribution in [0.1, 0.15) is 15.9 Å². The molecule has 0 atom stereocenters. The van der Waals surface area contributed by atoms with Gasteiger partial charge < -0.3 is 5.11 Å². The molecule has 3 nitrogen and oxygen atoms in total. The lowest BCUT2D eigenvalue weighted by molar-refractivity contribution is -0.139. The molecule has 1 aromatic heterocycles. The van der Waals surface area contributed by atoms with Crippen LogP contribution >= 0.6 is 0 Å². The van der Waals surface area contributed by atoms with E-state index in [0.29, 0.717) is 6.07 Å². The Bertz CT molecular complexity index is 668.